The summed E-state index contributed by atoms with van der Waals surface area (Å²) in [6.45, 7) is 11.3. The molecule has 1 N–H and O–H groups in total. The number of rotatable bonds is 9. The third kappa shape index (κ3) is 7.96. The maximum Gasteiger partial charge on any atom is 0.193 e. The van der Waals surface area contributed by atoms with E-state index in [4.69, 9.17) is 14.2 Å². The molecule has 0 saturated carbocycles. The first-order valence-corrected chi connectivity index (χ1v) is 10.8. The van der Waals surface area contributed by atoms with Crippen molar-refractivity contribution in [2.75, 3.05) is 66.3 Å². The molecular formula is C22H37IN4O3. The third-order valence-electron chi connectivity index (χ3n) is 5.52. The van der Waals surface area contributed by atoms with Crippen molar-refractivity contribution < 1.29 is 14.2 Å². The maximum atomic E-state index is 5.68. The van der Waals surface area contributed by atoms with E-state index in [1.165, 1.54) is 17.5 Å². The molecule has 2 saturated heterocycles. The van der Waals surface area contributed by atoms with E-state index in [0.29, 0.717) is 25.9 Å². The number of ether oxygens (including phenoxy) is 3. The Hall–Kier alpha value is -0.940. The van der Waals surface area contributed by atoms with Gasteiger partial charge in [0.25, 0.3) is 0 Å². The molecule has 2 heterocycles. The quantitative estimate of drug-likeness (QED) is 0.228. The number of benzene rings is 1. The van der Waals surface area contributed by atoms with Crippen LogP contribution in [0, 0.1) is 0 Å². The summed E-state index contributed by atoms with van der Waals surface area (Å²) in [5.74, 6) is 0.985. The molecule has 2 fully saturated rings. The summed E-state index contributed by atoms with van der Waals surface area (Å²) in [5.41, 5.74) is 2.42. The Labute approximate surface area is 198 Å². The minimum absolute atomic E-state index is 0. The predicted octanol–water partition coefficient (Wildman–Crippen LogP) is 2.34. The maximum absolute atomic E-state index is 5.68. The van der Waals surface area contributed by atoms with Gasteiger partial charge in [0.05, 0.1) is 33.0 Å². The van der Waals surface area contributed by atoms with Crippen LogP contribution in [0.3, 0.4) is 0 Å². The lowest BCUT2D eigenvalue weighted by Gasteiger charge is -2.32. The van der Waals surface area contributed by atoms with Crippen molar-refractivity contribution in [1.29, 1.82) is 0 Å². The summed E-state index contributed by atoms with van der Waals surface area (Å²) in [6.07, 6.45) is 1.19. The number of hydrogen-bond donors (Lipinski definition) is 1. The average molecular weight is 532 g/mol. The van der Waals surface area contributed by atoms with Gasteiger partial charge < -0.3 is 24.4 Å². The summed E-state index contributed by atoms with van der Waals surface area (Å²) >= 11 is 0. The van der Waals surface area contributed by atoms with Gasteiger partial charge in [0.1, 0.15) is 0 Å². The zero-order chi connectivity index (χ0) is 20.3. The first kappa shape index (κ1) is 25.3. The first-order valence-electron chi connectivity index (χ1n) is 10.8. The van der Waals surface area contributed by atoms with Gasteiger partial charge in [0.2, 0.25) is 0 Å². The topological polar surface area (TPSA) is 58.6 Å². The van der Waals surface area contributed by atoms with Crippen molar-refractivity contribution in [2.24, 2.45) is 4.99 Å². The molecule has 1 aromatic rings. The molecule has 170 valence electrons. The van der Waals surface area contributed by atoms with E-state index >= 15 is 0 Å². The van der Waals surface area contributed by atoms with E-state index < -0.39 is 0 Å². The van der Waals surface area contributed by atoms with E-state index in [9.17, 15) is 0 Å². The summed E-state index contributed by atoms with van der Waals surface area (Å²) in [4.78, 5) is 9.45. The number of nitrogens with zero attached hydrogens (tertiary/aromatic N) is 3. The van der Waals surface area contributed by atoms with Crippen LogP contribution in [0.4, 0.5) is 0 Å². The van der Waals surface area contributed by atoms with Crippen LogP contribution in [0.2, 0.25) is 0 Å². The number of hydrogen-bond acceptors (Lipinski definition) is 5. The summed E-state index contributed by atoms with van der Waals surface area (Å²) in [6, 6.07) is 9.14. The van der Waals surface area contributed by atoms with Gasteiger partial charge in [-0.3, -0.25) is 9.89 Å². The van der Waals surface area contributed by atoms with E-state index in [0.717, 1.165) is 58.5 Å². The first-order chi connectivity index (χ1) is 14.3. The Bertz CT molecular complexity index is 641. The van der Waals surface area contributed by atoms with Crippen LogP contribution in [-0.4, -0.2) is 88.1 Å². The van der Waals surface area contributed by atoms with Gasteiger partial charge in [0.15, 0.2) is 5.96 Å². The fourth-order valence-corrected chi connectivity index (χ4v) is 3.97. The fourth-order valence-electron chi connectivity index (χ4n) is 3.97. The molecule has 2 aliphatic heterocycles. The highest BCUT2D eigenvalue weighted by Gasteiger charge is 2.30. The number of guanidine groups is 1. The van der Waals surface area contributed by atoms with Gasteiger partial charge in [-0.15, -0.1) is 24.0 Å². The van der Waals surface area contributed by atoms with Crippen molar-refractivity contribution in [3.8, 4) is 0 Å². The molecule has 1 atom stereocenters. The van der Waals surface area contributed by atoms with E-state index in [1.54, 1.807) is 0 Å². The molecule has 3 rings (SSSR count). The van der Waals surface area contributed by atoms with Crippen molar-refractivity contribution in [1.82, 2.24) is 15.1 Å². The lowest BCUT2D eigenvalue weighted by molar-refractivity contribution is 0.0195. The van der Waals surface area contributed by atoms with Gasteiger partial charge in [0, 0.05) is 52.4 Å². The molecule has 7 nitrogen and oxygen atoms in total. The third-order valence-corrected chi connectivity index (χ3v) is 5.52. The monoisotopic (exact) mass is 532 g/mol. The highest BCUT2D eigenvalue weighted by Crippen LogP contribution is 2.17. The Morgan fingerprint density at radius 3 is 2.70 bits per heavy atom. The largest absolute Gasteiger partial charge is 0.379 e. The van der Waals surface area contributed by atoms with Crippen LogP contribution < -0.4 is 5.32 Å². The molecule has 0 radical (unpaired) electrons. The van der Waals surface area contributed by atoms with Crippen LogP contribution in [-0.2, 0) is 27.4 Å². The lowest BCUT2D eigenvalue weighted by Crippen LogP contribution is -2.46. The predicted molar refractivity (Wildman–Crippen MR) is 131 cm³/mol. The molecular weight excluding hydrogens is 495 g/mol. The van der Waals surface area contributed by atoms with Crippen LogP contribution in [0.1, 0.15) is 24.5 Å². The van der Waals surface area contributed by atoms with Crippen LogP contribution >= 0.6 is 24.0 Å². The SMILES string of the molecule is CCOCCOCc1cccc(CNC(=NC)N2CCC(N3CCOCC3)C2)c1.I. The van der Waals surface area contributed by atoms with E-state index in [-0.39, 0.29) is 24.0 Å². The second kappa shape index (κ2) is 14.2. The van der Waals surface area contributed by atoms with Crippen LogP contribution in [0.5, 0.6) is 0 Å². The fraction of sp³-hybridized carbons (Fsp3) is 0.682. The Morgan fingerprint density at radius 1 is 1.17 bits per heavy atom. The molecule has 0 spiro atoms. The summed E-state index contributed by atoms with van der Waals surface area (Å²) in [5, 5.41) is 3.53. The molecule has 8 heteroatoms. The van der Waals surface area contributed by atoms with Crippen LogP contribution in [0.15, 0.2) is 29.3 Å². The molecule has 2 aliphatic rings. The normalized spacial score (nSPS) is 20.3. The second-order valence-corrected chi connectivity index (χ2v) is 7.51. The number of likely N-dealkylation sites (tertiary alicyclic amines) is 1. The standard InChI is InChI=1S/C22H36N4O3.HI/c1-3-27-13-14-29-18-20-6-4-5-19(15-20)16-24-22(23-2)26-8-7-21(17-26)25-9-11-28-12-10-25;/h4-6,15,21H,3,7-14,16-18H2,1-2H3,(H,23,24);1H. The lowest BCUT2D eigenvalue weighted by atomic mass is 10.1. The number of halogens is 1. The minimum Gasteiger partial charge on any atom is -0.379 e. The van der Waals surface area contributed by atoms with Crippen molar-refractivity contribution in [3.63, 3.8) is 0 Å². The second-order valence-electron chi connectivity index (χ2n) is 7.51. The van der Waals surface area contributed by atoms with Gasteiger partial charge in [-0.25, -0.2) is 0 Å². The van der Waals surface area contributed by atoms with Gasteiger partial charge in [-0.2, -0.15) is 0 Å². The van der Waals surface area contributed by atoms with Gasteiger partial charge >= 0.3 is 0 Å². The number of nitrogens with one attached hydrogen (secondary N) is 1. The van der Waals surface area contributed by atoms with Crippen LogP contribution in [0.25, 0.3) is 0 Å². The van der Waals surface area contributed by atoms with Gasteiger partial charge in [-0.05, 0) is 24.5 Å². The molecule has 0 bridgehead atoms. The molecule has 0 aromatic heterocycles. The summed E-state index contributed by atoms with van der Waals surface area (Å²) < 4.78 is 16.5. The Morgan fingerprint density at radius 2 is 1.93 bits per heavy atom. The van der Waals surface area contributed by atoms with E-state index in [2.05, 4.69) is 44.4 Å². The number of aliphatic imine (C=N–C) groups is 1. The average Bonchev–Trinajstić information content (AvgIpc) is 3.25. The highest BCUT2D eigenvalue weighted by atomic mass is 127. The van der Waals surface area contributed by atoms with Crippen molar-refractivity contribution >= 4 is 29.9 Å². The smallest absolute Gasteiger partial charge is 0.193 e. The zero-order valence-electron chi connectivity index (χ0n) is 18.3. The summed E-state index contributed by atoms with van der Waals surface area (Å²) in [7, 11) is 1.87. The molecule has 1 unspecified atom stereocenters. The molecule has 0 amide bonds. The minimum atomic E-state index is 0. The molecule has 1 aromatic carbocycles. The Kier molecular flexibility index (Phi) is 12.0. The van der Waals surface area contributed by atoms with Crippen molar-refractivity contribution in [2.45, 2.75) is 32.5 Å². The Balaban J connectivity index is 0.00000320. The molecule has 0 aliphatic carbocycles. The van der Waals surface area contributed by atoms with E-state index in [1.807, 2.05) is 14.0 Å². The zero-order valence-corrected chi connectivity index (χ0v) is 20.7. The molecule has 30 heavy (non-hydrogen) atoms. The number of morpholine rings is 1. The van der Waals surface area contributed by atoms with Crippen molar-refractivity contribution in [3.05, 3.63) is 35.4 Å². The van der Waals surface area contributed by atoms with Gasteiger partial charge in [-0.1, -0.05) is 24.3 Å². The highest BCUT2D eigenvalue weighted by molar-refractivity contribution is 14.0.